The van der Waals surface area contributed by atoms with E-state index in [1.165, 1.54) is 32.4 Å². The maximum atomic E-state index is 13.1. The van der Waals surface area contributed by atoms with Crippen molar-refractivity contribution in [2.75, 3.05) is 14.2 Å². The van der Waals surface area contributed by atoms with Gasteiger partial charge < -0.3 is 24.8 Å². The van der Waals surface area contributed by atoms with Gasteiger partial charge in [-0.15, -0.1) is 0 Å². The summed E-state index contributed by atoms with van der Waals surface area (Å²) in [6.07, 6.45) is 4.47. The van der Waals surface area contributed by atoms with Crippen molar-refractivity contribution in [3.63, 3.8) is 0 Å². The largest absolute Gasteiger partial charge is 0.508 e. The molecule has 6 heteroatoms. The highest BCUT2D eigenvalue weighted by Gasteiger charge is 2.24. The number of hydrogen-bond donors (Lipinski definition) is 3. The molecule has 32 heavy (non-hydrogen) atoms. The summed E-state index contributed by atoms with van der Waals surface area (Å²) in [7, 11) is 2.98. The number of phenolic OH excluding ortho intramolecular Hbond substituents is 3. The van der Waals surface area contributed by atoms with Crippen LogP contribution in [0.5, 0.6) is 28.7 Å². The second-order valence-electron chi connectivity index (χ2n) is 8.12. The van der Waals surface area contributed by atoms with Crippen LogP contribution in [0.15, 0.2) is 41.5 Å². The van der Waals surface area contributed by atoms with Gasteiger partial charge >= 0.3 is 0 Å². The molecule has 0 fully saturated rings. The lowest BCUT2D eigenvalue weighted by molar-refractivity contribution is 0.0988. The van der Waals surface area contributed by atoms with Crippen LogP contribution in [0.4, 0.5) is 0 Å². The molecule has 0 unspecified atom stereocenters. The average Bonchev–Trinajstić information content (AvgIpc) is 2.72. The highest BCUT2D eigenvalue weighted by molar-refractivity contribution is 6.01. The Balaban J connectivity index is 2.52. The molecule has 0 heterocycles. The van der Waals surface area contributed by atoms with Crippen molar-refractivity contribution in [3.8, 4) is 28.7 Å². The molecule has 172 valence electrons. The summed E-state index contributed by atoms with van der Waals surface area (Å²) in [5.74, 6) is -0.0427. The molecule has 0 amide bonds. The van der Waals surface area contributed by atoms with Gasteiger partial charge in [0.25, 0.3) is 0 Å². The first-order valence-corrected chi connectivity index (χ1v) is 10.4. The molecule has 2 rings (SSSR count). The predicted molar refractivity (Wildman–Crippen MR) is 125 cm³/mol. The van der Waals surface area contributed by atoms with Gasteiger partial charge in [-0.1, -0.05) is 23.3 Å². The third kappa shape index (κ3) is 5.63. The molecule has 0 atom stereocenters. The van der Waals surface area contributed by atoms with E-state index in [2.05, 4.69) is 0 Å². The summed E-state index contributed by atoms with van der Waals surface area (Å²) in [5, 5.41) is 31.4. The number of ether oxygens (including phenoxy) is 2. The van der Waals surface area contributed by atoms with Crippen molar-refractivity contribution in [3.05, 3.63) is 63.8 Å². The van der Waals surface area contributed by atoms with Crippen LogP contribution in [0.25, 0.3) is 0 Å². The van der Waals surface area contributed by atoms with Crippen molar-refractivity contribution in [1.29, 1.82) is 0 Å². The third-order valence-electron chi connectivity index (χ3n) is 5.17. The lowest BCUT2D eigenvalue weighted by atomic mass is 9.94. The van der Waals surface area contributed by atoms with Gasteiger partial charge in [-0.25, -0.2) is 0 Å². The first-order chi connectivity index (χ1) is 15.1. The van der Waals surface area contributed by atoms with E-state index in [9.17, 15) is 20.1 Å². The Kier molecular flexibility index (Phi) is 8.35. The number of rotatable bonds is 9. The summed E-state index contributed by atoms with van der Waals surface area (Å²) < 4.78 is 11.0. The lowest BCUT2D eigenvalue weighted by Crippen LogP contribution is -2.09. The van der Waals surface area contributed by atoms with E-state index in [1.54, 1.807) is 0 Å². The summed E-state index contributed by atoms with van der Waals surface area (Å²) in [5.41, 5.74) is 3.52. The molecule has 0 aromatic heterocycles. The second-order valence-corrected chi connectivity index (χ2v) is 8.12. The molecule has 0 radical (unpaired) electrons. The second kappa shape index (κ2) is 10.8. The Labute approximate surface area is 189 Å². The molecule has 0 saturated heterocycles. The highest BCUT2D eigenvalue weighted by Crippen LogP contribution is 2.41. The van der Waals surface area contributed by atoms with E-state index in [0.29, 0.717) is 29.9 Å². The van der Waals surface area contributed by atoms with Crippen LogP contribution in [-0.4, -0.2) is 35.3 Å². The number of phenols is 3. The Bertz CT molecular complexity index is 1050. The van der Waals surface area contributed by atoms with Gasteiger partial charge in [0, 0.05) is 29.2 Å². The minimum atomic E-state index is -0.409. The van der Waals surface area contributed by atoms with Crippen LogP contribution in [0.2, 0.25) is 0 Å². The van der Waals surface area contributed by atoms with Crippen LogP contribution in [-0.2, 0) is 19.3 Å². The average molecular weight is 441 g/mol. The Morgan fingerprint density at radius 3 is 1.97 bits per heavy atom. The fourth-order valence-corrected chi connectivity index (χ4v) is 3.42. The number of hydrogen-bond acceptors (Lipinski definition) is 6. The number of aromatic hydroxyl groups is 3. The van der Waals surface area contributed by atoms with Crippen molar-refractivity contribution >= 4 is 5.78 Å². The van der Waals surface area contributed by atoms with Gasteiger partial charge in [0.05, 0.1) is 19.8 Å². The van der Waals surface area contributed by atoms with Crippen molar-refractivity contribution in [2.45, 2.75) is 47.0 Å². The third-order valence-corrected chi connectivity index (χ3v) is 5.17. The highest BCUT2D eigenvalue weighted by atomic mass is 16.5. The van der Waals surface area contributed by atoms with Gasteiger partial charge in [-0.2, -0.15) is 0 Å². The van der Waals surface area contributed by atoms with Gasteiger partial charge in [0.2, 0.25) is 0 Å². The topological polar surface area (TPSA) is 96.2 Å². The first-order valence-electron chi connectivity index (χ1n) is 10.4. The van der Waals surface area contributed by atoms with Gasteiger partial charge in [0.15, 0.2) is 5.78 Å². The number of carbonyl (C=O) groups is 1. The molecule has 0 saturated carbocycles. The zero-order valence-corrected chi connectivity index (χ0v) is 19.6. The number of benzene rings is 2. The standard InChI is InChI=1S/C26H32O6/c1-15(2)7-9-17-21(27)12-11-18(25(17)30)22(28)13-20-23(29)14-24(31-5)19(26(20)32-6)10-8-16(3)4/h7-8,11-12,14,27,29-30H,9-10,13H2,1-6H3. The van der Waals surface area contributed by atoms with Crippen LogP contribution in [0.1, 0.15) is 54.7 Å². The fraction of sp³-hybridized carbons (Fsp3) is 0.346. The molecule has 0 spiro atoms. The molecule has 3 N–H and O–H groups in total. The molecule has 0 bridgehead atoms. The molecule has 2 aromatic rings. The lowest BCUT2D eigenvalue weighted by Gasteiger charge is -2.18. The van der Waals surface area contributed by atoms with Gasteiger partial charge in [-0.3, -0.25) is 4.79 Å². The zero-order chi connectivity index (χ0) is 24.0. The van der Waals surface area contributed by atoms with Crippen molar-refractivity contribution < 1.29 is 29.6 Å². The van der Waals surface area contributed by atoms with Crippen LogP contribution in [0.3, 0.4) is 0 Å². The monoisotopic (exact) mass is 440 g/mol. The van der Waals surface area contributed by atoms with E-state index in [-0.39, 0.29) is 34.8 Å². The summed E-state index contributed by atoms with van der Waals surface area (Å²) in [4.78, 5) is 13.1. The summed E-state index contributed by atoms with van der Waals surface area (Å²) in [6, 6.07) is 4.25. The minimum Gasteiger partial charge on any atom is -0.508 e. The molecule has 6 nitrogen and oxygen atoms in total. The SMILES string of the molecule is COc1cc(O)c(CC(=O)c2ccc(O)c(CC=C(C)C)c2O)c(OC)c1CC=C(C)C. The fourth-order valence-electron chi connectivity index (χ4n) is 3.42. The summed E-state index contributed by atoms with van der Waals surface area (Å²) in [6.45, 7) is 7.78. The molecule has 0 aliphatic rings. The molecular formula is C26H32O6. The first kappa shape index (κ1) is 24.9. The maximum Gasteiger partial charge on any atom is 0.171 e. The summed E-state index contributed by atoms with van der Waals surface area (Å²) >= 11 is 0. The van der Waals surface area contributed by atoms with E-state index >= 15 is 0 Å². The molecular weight excluding hydrogens is 408 g/mol. The van der Waals surface area contributed by atoms with Crippen molar-refractivity contribution in [1.82, 2.24) is 0 Å². The smallest absolute Gasteiger partial charge is 0.171 e. The Hall–Kier alpha value is -3.41. The number of Topliss-reactive ketones (excluding diaryl/α,β-unsaturated/α-hetero) is 1. The van der Waals surface area contributed by atoms with E-state index in [4.69, 9.17) is 9.47 Å². The number of methoxy groups -OCH3 is 2. The zero-order valence-electron chi connectivity index (χ0n) is 19.6. The normalized spacial score (nSPS) is 10.4. The van der Waals surface area contributed by atoms with E-state index in [1.807, 2.05) is 39.8 Å². The van der Waals surface area contributed by atoms with Crippen LogP contribution < -0.4 is 9.47 Å². The van der Waals surface area contributed by atoms with Crippen molar-refractivity contribution in [2.24, 2.45) is 0 Å². The Morgan fingerprint density at radius 2 is 1.44 bits per heavy atom. The van der Waals surface area contributed by atoms with E-state index < -0.39 is 5.78 Å². The van der Waals surface area contributed by atoms with Gasteiger partial charge in [-0.05, 0) is 52.7 Å². The predicted octanol–water partition coefficient (Wildman–Crippen LogP) is 5.26. The number of allylic oxidation sites excluding steroid dienone is 4. The quantitative estimate of drug-likeness (QED) is 0.363. The number of ketones is 1. The maximum absolute atomic E-state index is 13.1. The minimum absolute atomic E-state index is 0.0723. The van der Waals surface area contributed by atoms with Crippen LogP contribution >= 0.6 is 0 Å². The van der Waals surface area contributed by atoms with E-state index in [0.717, 1.165) is 16.7 Å². The molecule has 0 aliphatic carbocycles. The molecule has 2 aromatic carbocycles. The molecule has 0 aliphatic heterocycles. The Morgan fingerprint density at radius 1 is 0.844 bits per heavy atom. The van der Waals surface area contributed by atoms with Gasteiger partial charge in [0.1, 0.15) is 28.7 Å². The van der Waals surface area contributed by atoms with Crippen LogP contribution in [0, 0.1) is 0 Å². The number of carbonyl (C=O) groups excluding carboxylic acids is 1.